The first-order valence-corrected chi connectivity index (χ1v) is 9.30. The van der Waals surface area contributed by atoms with Crippen molar-refractivity contribution < 1.29 is 27.9 Å². The van der Waals surface area contributed by atoms with Gasteiger partial charge >= 0.3 is 6.61 Å². The highest BCUT2D eigenvalue weighted by atomic mass is 35.5. The number of ether oxygens (including phenoxy) is 1. The molecule has 0 saturated heterocycles. The number of rotatable bonds is 9. The molecular formula is C19H17Cl2F2N3O4. The summed E-state index contributed by atoms with van der Waals surface area (Å²) in [6.07, 6.45) is 0. The quantitative estimate of drug-likeness (QED) is 0.537. The minimum atomic E-state index is -2.91. The van der Waals surface area contributed by atoms with E-state index in [1.54, 1.807) is 0 Å². The molecule has 0 aliphatic rings. The van der Waals surface area contributed by atoms with Crippen LogP contribution in [-0.4, -0.2) is 37.4 Å². The Morgan fingerprint density at radius 2 is 1.53 bits per heavy atom. The fourth-order valence-electron chi connectivity index (χ4n) is 2.22. The summed E-state index contributed by atoms with van der Waals surface area (Å²) < 4.78 is 28.4. The molecule has 7 nitrogen and oxygen atoms in total. The zero-order valence-corrected chi connectivity index (χ0v) is 16.9. The molecule has 0 spiro atoms. The normalized spacial score (nSPS) is 10.4. The van der Waals surface area contributed by atoms with Crippen LogP contribution in [0.3, 0.4) is 0 Å². The minimum Gasteiger partial charge on any atom is -0.435 e. The molecule has 2 rings (SSSR count). The Hall–Kier alpha value is -2.91. The Bertz CT molecular complexity index is 911. The van der Waals surface area contributed by atoms with Crippen LogP contribution in [0.2, 0.25) is 10.0 Å². The predicted octanol–water partition coefficient (Wildman–Crippen LogP) is 2.76. The van der Waals surface area contributed by atoms with Crippen LogP contribution in [-0.2, 0) is 16.1 Å². The smallest absolute Gasteiger partial charge is 0.387 e. The fraction of sp³-hybridized carbons (Fsp3) is 0.211. The van der Waals surface area contributed by atoms with Crippen LogP contribution >= 0.6 is 23.2 Å². The van der Waals surface area contributed by atoms with Crippen LogP contribution in [0, 0.1) is 0 Å². The van der Waals surface area contributed by atoms with Crippen molar-refractivity contribution in [3.8, 4) is 5.75 Å². The van der Waals surface area contributed by atoms with Gasteiger partial charge in [-0.2, -0.15) is 8.78 Å². The monoisotopic (exact) mass is 459 g/mol. The van der Waals surface area contributed by atoms with E-state index >= 15 is 0 Å². The van der Waals surface area contributed by atoms with Crippen LogP contribution in [0.15, 0.2) is 42.5 Å². The molecule has 0 aliphatic heterocycles. The summed E-state index contributed by atoms with van der Waals surface area (Å²) in [4.78, 5) is 35.6. The fourth-order valence-corrected chi connectivity index (χ4v) is 2.72. The van der Waals surface area contributed by atoms with Gasteiger partial charge in [0, 0.05) is 11.6 Å². The van der Waals surface area contributed by atoms with Crippen LogP contribution in [0.25, 0.3) is 0 Å². The molecule has 0 aromatic heterocycles. The number of alkyl halides is 2. The molecule has 3 N–H and O–H groups in total. The van der Waals surface area contributed by atoms with Gasteiger partial charge in [0.25, 0.3) is 5.91 Å². The van der Waals surface area contributed by atoms with Crippen molar-refractivity contribution in [2.24, 2.45) is 0 Å². The van der Waals surface area contributed by atoms with Gasteiger partial charge in [-0.1, -0.05) is 35.3 Å². The van der Waals surface area contributed by atoms with Crippen molar-refractivity contribution in [1.29, 1.82) is 0 Å². The molecule has 2 aromatic carbocycles. The molecular weight excluding hydrogens is 443 g/mol. The number of benzene rings is 2. The van der Waals surface area contributed by atoms with Crippen molar-refractivity contribution in [1.82, 2.24) is 16.0 Å². The van der Waals surface area contributed by atoms with E-state index in [4.69, 9.17) is 23.2 Å². The zero-order valence-electron chi connectivity index (χ0n) is 15.4. The first kappa shape index (κ1) is 23.4. The third kappa shape index (κ3) is 7.84. The molecule has 0 unspecified atom stereocenters. The van der Waals surface area contributed by atoms with Crippen molar-refractivity contribution in [2.45, 2.75) is 13.2 Å². The second kappa shape index (κ2) is 11.3. The van der Waals surface area contributed by atoms with Gasteiger partial charge in [0.2, 0.25) is 11.8 Å². The summed E-state index contributed by atoms with van der Waals surface area (Å²) in [5.41, 5.74) is 0.819. The molecule has 0 heterocycles. The van der Waals surface area contributed by atoms with E-state index < -0.39 is 24.3 Å². The van der Waals surface area contributed by atoms with E-state index in [9.17, 15) is 23.2 Å². The summed E-state index contributed by atoms with van der Waals surface area (Å²) in [5.74, 6) is -1.59. The average molecular weight is 460 g/mol. The number of carbonyl (C=O) groups is 3. The summed E-state index contributed by atoms with van der Waals surface area (Å²) in [5, 5.41) is 7.82. The van der Waals surface area contributed by atoms with Crippen LogP contribution < -0.4 is 20.7 Å². The lowest BCUT2D eigenvalue weighted by atomic mass is 10.2. The molecule has 0 bridgehead atoms. The average Bonchev–Trinajstić information content (AvgIpc) is 2.69. The SMILES string of the molecule is O=C(CNC(=O)CNC(=O)c1ccc(Cl)cc1Cl)NCc1ccc(OC(F)F)cc1. The summed E-state index contributed by atoms with van der Waals surface area (Å²) in [6.45, 7) is -3.43. The minimum absolute atomic E-state index is 0.00859. The molecule has 0 radical (unpaired) electrons. The first-order valence-electron chi connectivity index (χ1n) is 8.55. The lowest BCUT2D eigenvalue weighted by molar-refractivity contribution is -0.125. The van der Waals surface area contributed by atoms with Gasteiger partial charge in [0.05, 0.1) is 23.7 Å². The summed E-state index contributed by atoms with van der Waals surface area (Å²) in [6, 6.07) is 10.1. The predicted molar refractivity (Wildman–Crippen MR) is 107 cm³/mol. The number of halogens is 4. The van der Waals surface area contributed by atoms with E-state index in [1.807, 2.05) is 0 Å². The van der Waals surface area contributed by atoms with Crippen molar-refractivity contribution in [3.63, 3.8) is 0 Å². The standard InChI is InChI=1S/C19H17Cl2F2N3O4/c20-12-3-6-14(15(21)7-12)18(29)26-10-17(28)25-9-16(27)24-8-11-1-4-13(5-2-11)30-19(22)23/h1-7,19H,8-10H2,(H,24,27)(H,25,28)(H,26,29). The summed E-state index contributed by atoms with van der Waals surface area (Å²) >= 11 is 11.7. The second-order valence-corrected chi connectivity index (χ2v) is 6.73. The lowest BCUT2D eigenvalue weighted by Crippen LogP contribution is -2.41. The number of carbonyl (C=O) groups excluding carboxylic acids is 3. The Labute approximate surface area is 180 Å². The maximum absolute atomic E-state index is 12.1. The number of nitrogens with one attached hydrogen (secondary N) is 3. The third-order valence-corrected chi connectivity index (χ3v) is 4.22. The van der Waals surface area contributed by atoms with Crippen molar-refractivity contribution in [2.75, 3.05) is 13.1 Å². The highest BCUT2D eigenvalue weighted by Crippen LogP contribution is 2.20. The first-order chi connectivity index (χ1) is 14.2. The van der Waals surface area contributed by atoms with Gasteiger partial charge in [-0.15, -0.1) is 0 Å². The molecule has 0 atom stereocenters. The number of hydrogen-bond donors (Lipinski definition) is 3. The second-order valence-electron chi connectivity index (χ2n) is 5.88. The van der Waals surface area contributed by atoms with Crippen molar-refractivity contribution >= 4 is 40.9 Å². The number of amides is 3. The van der Waals surface area contributed by atoms with Gasteiger partial charge < -0.3 is 20.7 Å². The topological polar surface area (TPSA) is 96.5 Å². The molecule has 3 amide bonds. The van der Waals surface area contributed by atoms with E-state index in [0.717, 1.165) is 0 Å². The lowest BCUT2D eigenvalue weighted by Gasteiger charge is -2.09. The number of hydrogen-bond acceptors (Lipinski definition) is 4. The maximum atomic E-state index is 12.1. The molecule has 0 aliphatic carbocycles. The van der Waals surface area contributed by atoms with Gasteiger partial charge in [0.1, 0.15) is 5.75 Å². The molecule has 30 heavy (non-hydrogen) atoms. The Balaban J connectivity index is 1.69. The molecule has 2 aromatic rings. The molecule has 11 heteroatoms. The Kier molecular flexibility index (Phi) is 8.82. The third-order valence-electron chi connectivity index (χ3n) is 3.67. The highest BCUT2D eigenvalue weighted by Gasteiger charge is 2.12. The Morgan fingerprint density at radius 3 is 2.17 bits per heavy atom. The molecule has 160 valence electrons. The Morgan fingerprint density at radius 1 is 0.900 bits per heavy atom. The molecule has 0 fully saturated rings. The van der Waals surface area contributed by atoms with Gasteiger partial charge in [-0.3, -0.25) is 14.4 Å². The van der Waals surface area contributed by atoms with Crippen LogP contribution in [0.1, 0.15) is 15.9 Å². The highest BCUT2D eigenvalue weighted by molar-refractivity contribution is 6.36. The largest absolute Gasteiger partial charge is 0.435 e. The van der Waals surface area contributed by atoms with Gasteiger partial charge in [-0.05, 0) is 35.9 Å². The van der Waals surface area contributed by atoms with E-state index in [2.05, 4.69) is 20.7 Å². The summed E-state index contributed by atoms with van der Waals surface area (Å²) in [7, 11) is 0. The van der Waals surface area contributed by atoms with Gasteiger partial charge in [-0.25, -0.2) is 0 Å². The van der Waals surface area contributed by atoms with Crippen molar-refractivity contribution in [3.05, 3.63) is 63.6 Å². The zero-order chi connectivity index (χ0) is 22.1. The van der Waals surface area contributed by atoms with Crippen LogP contribution in [0.4, 0.5) is 8.78 Å². The maximum Gasteiger partial charge on any atom is 0.387 e. The van der Waals surface area contributed by atoms with E-state index in [-0.39, 0.29) is 36.0 Å². The van der Waals surface area contributed by atoms with Crippen LogP contribution in [0.5, 0.6) is 5.75 Å². The molecule has 0 saturated carbocycles. The van der Waals surface area contributed by atoms with Gasteiger partial charge in [0.15, 0.2) is 0 Å². The van der Waals surface area contributed by atoms with E-state index in [0.29, 0.717) is 10.6 Å². The van der Waals surface area contributed by atoms with E-state index in [1.165, 1.54) is 42.5 Å².